The lowest BCUT2D eigenvalue weighted by Gasteiger charge is -2.28. The van der Waals surface area contributed by atoms with Crippen molar-refractivity contribution in [3.05, 3.63) is 53.2 Å². The van der Waals surface area contributed by atoms with Crippen molar-refractivity contribution >= 4 is 24.1 Å². The molecule has 6 nitrogen and oxygen atoms in total. The van der Waals surface area contributed by atoms with E-state index in [2.05, 4.69) is 20.0 Å². The highest BCUT2D eigenvalue weighted by atomic mass is 32.2. The Hall–Kier alpha value is -2.68. The van der Waals surface area contributed by atoms with Crippen LogP contribution < -0.4 is 14.8 Å². The number of para-hydroxylation sites is 1. The van der Waals surface area contributed by atoms with Gasteiger partial charge < -0.3 is 15.5 Å². The first-order valence-corrected chi connectivity index (χ1v) is 10.1. The summed E-state index contributed by atoms with van der Waals surface area (Å²) >= 11 is 1.17. The first-order chi connectivity index (χ1) is 14.0. The van der Waals surface area contributed by atoms with E-state index in [0.29, 0.717) is 41.0 Å². The second-order valence-electron chi connectivity index (χ2n) is 6.68. The number of hydrogen-bond acceptors (Lipinski definition) is 7. The number of aromatic nitrogens is 2. The second-order valence-corrected chi connectivity index (χ2v) is 7.56. The van der Waals surface area contributed by atoms with Gasteiger partial charge in [-0.15, -0.1) is 0 Å². The maximum absolute atomic E-state index is 13.6. The number of hydrogen-bond donors (Lipinski definition) is 3. The summed E-state index contributed by atoms with van der Waals surface area (Å²) in [6, 6.07) is 10.9. The molecule has 154 valence electrons. The lowest BCUT2D eigenvalue weighted by molar-refractivity contribution is -0.0384. The van der Waals surface area contributed by atoms with Crippen molar-refractivity contribution < 1.29 is 13.5 Å². The Balaban J connectivity index is 1.83. The third-order valence-electron chi connectivity index (χ3n) is 4.51. The Morgan fingerprint density at radius 3 is 2.62 bits per heavy atom. The molecule has 3 rings (SSSR count). The van der Waals surface area contributed by atoms with E-state index >= 15 is 0 Å². The molecule has 0 spiro atoms. The topological polar surface area (TPSA) is 82.9 Å². The molecular formula is C20H23F2N5OS. The molecule has 0 amide bonds. The number of nitrogens with one attached hydrogen (secondary N) is 3. The zero-order chi connectivity index (χ0) is 20.7. The van der Waals surface area contributed by atoms with Crippen LogP contribution in [0.5, 0.6) is 11.6 Å². The van der Waals surface area contributed by atoms with Crippen molar-refractivity contribution in [2.24, 2.45) is 0 Å². The van der Waals surface area contributed by atoms with Gasteiger partial charge in [0.05, 0.1) is 10.6 Å². The van der Waals surface area contributed by atoms with Crippen LogP contribution >= 0.6 is 11.9 Å². The molecule has 0 saturated heterocycles. The number of rotatable bonds is 8. The molecule has 0 radical (unpaired) electrons. The molecule has 29 heavy (non-hydrogen) atoms. The van der Waals surface area contributed by atoms with Crippen LogP contribution in [-0.4, -0.2) is 29.2 Å². The van der Waals surface area contributed by atoms with Crippen molar-refractivity contribution in [2.45, 2.75) is 37.5 Å². The van der Waals surface area contributed by atoms with E-state index in [0.717, 1.165) is 0 Å². The van der Waals surface area contributed by atoms with Gasteiger partial charge in [-0.25, -0.2) is 13.8 Å². The predicted molar refractivity (Wildman–Crippen MR) is 112 cm³/mol. The summed E-state index contributed by atoms with van der Waals surface area (Å²) < 4.78 is 36.0. The summed E-state index contributed by atoms with van der Waals surface area (Å²) in [5.74, 6) is -1.39. The highest BCUT2D eigenvalue weighted by molar-refractivity contribution is 8.05. The van der Waals surface area contributed by atoms with Gasteiger partial charge in [-0.05, 0) is 36.9 Å². The molecule has 9 heteroatoms. The van der Waals surface area contributed by atoms with Crippen LogP contribution in [0.4, 0.5) is 14.7 Å². The number of allylic oxidation sites excluding steroid dienone is 1. The van der Waals surface area contributed by atoms with Crippen LogP contribution in [0.1, 0.15) is 37.3 Å². The Bertz CT molecular complexity index is 853. The Morgan fingerprint density at radius 2 is 1.97 bits per heavy atom. The fourth-order valence-corrected chi connectivity index (χ4v) is 3.58. The molecule has 1 saturated carbocycles. The van der Waals surface area contributed by atoms with Gasteiger partial charge in [0.25, 0.3) is 0 Å². The fourth-order valence-electron chi connectivity index (χ4n) is 3.04. The van der Waals surface area contributed by atoms with Gasteiger partial charge in [0.15, 0.2) is 0 Å². The van der Waals surface area contributed by atoms with Gasteiger partial charge in [-0.1, -0.05) is 18.2 Å². The number of nitrogens with zero attached hydrogens (tertiary/aromatic N) is 2. The van der Waals surface area contributed by atoms with E-state index in [1.807, 2.05) is 30.3 Å². The normalized spacial score (nSPS) is 16.9. The van der Waals surface area contributed by atoms with Gasteiger partial charge in [-0.3, -0.25) is 4.72 Å². The molecule has 1 fully saturated rings. The van der Waals surface area contributed by atoms with Crippen LogP contribution in [0.25, 0.3) is 0 Å². The Labute approximate surface area is 172 Å². The van der Waals surface area contributed by atoms with Crippen LogP contribution in [-0.2, 0) is 0 Å². The predicted octanol–water partition coefficient (Wildman–Crippen LogP) is 5.33. The second kappa shape index (κ2) is 9.69. The van der Waals surface area contributed by atoms with E-state index in [-0.39, 0.29) is 18.8 Å². The van der Waals surface area contributed by atoms with Crippen LogP contribution in [0, 0.1) is 5.41 Å². The lowest BCUT2D eigenvalue weighted by atomic mass is 9.84. The van der Waals surface area contributed by atoms with E-state index in [4.69, 9.17) is 10.1 Å². The largest absolute Gasteiger partial charge is 0.439 e. The number of alkyl halides is 2. The summed E-state index contributed by atoms with van der Waals surface area (Å²) in [4.78, 5) is 9.53. The van der Waals surface area contributed by atoms with E-state index in [9.17, 15) is 8.78 Å². The smallest absolute Gasteiger partial charge is 0.248 e. The van der Waals surface area contributed by atoms with Crippen molar-refractivity contribution in [3.63, 3.8) is 0 Å². The number of anilines is 1. The standard InChI is InChI=1S/C20H23F2N5OS/c1-24-13-16(12-23)29-27-19-25-17(14-7-9-20(21,22)10-8-14)11-18(26-19)28-15-5-3-2-4-6-15/h2-6,11-14,23-24H,7-10H2,1H3,(H,25,26,27)/b16-13+,23-12?. The lowest BCUT2D eigenvalue weighted by Crippen LogP contribution is -2.24. The third-order valence-corrected chi connectivity index (χ3v) is 5.27. The monoisotopic (exact) mass is 419 g/mol. The maximum Gasteiger partial charge on any atom is 0.248 e. The molecular weight excluding hydrogens is 396 g/mol. The quantitative estimate of drug-likeness (QED) is 0.396. The van der Waals surface area contributed by atoms with Crippen LogP contribution in [0.15, 0.2) is 47.5 Å². The summed E-state index contributed by atoms with van der Waals surface area (Å²) in [5, 5.41) is 10.3. The molecule has 3 N–H and O–H groups in total. The highest BCUT2D eigenvalue weighted by Crippen LogP contribution is 2.41. The molecule has 0 unspecified atom stereocenters. The minimum absolute atomic E-state index is 0.0728. The van der Waals surface area contributed by atoms with Gasteiger partial charge in [0.2, 0.25) is 17.8 Å². The Morgan fingerprint density at radius 1 is 1.24 bits per heavy atom. The van der Waals surface area contributed by atoms with Crippen LogP contribution in [0.3, 0.4) is 0 Å². The van der Waals surface area contributed by atoms with Gasteiger partial charge in [-0.2, -0.15) is 4.98 Å². The molecule has 1 aliphatic rings. The van der Waals surface area contributed by atoms with E-state index in [1.54, 1.807) is 19.3 Å². The highest BCUT2D eigenvalue weighted by Gasteiger charge is 2.36. The number of ether oxygens (including phenoxy) is 1. The van der Waals surface area contributed by atoms with E-state index < -0.39 is 5.92 Å². The minimum Gasteiger partial charge on any atom is -0.439 e. The minimum atomic E-state index is -2.60. The molecule has 0 atom stereocenters. The summed E-state index contributed by atoms with van der Waals surface area (Å²) in [6.07, 6.45) is 3.31. The van der Waals surface area contributed by atoms with Crippen molar-refractivity contribution in [3.8, 4) is 11.6 Å². The maximum atomic E-state index is 13.6. The Kier molecular flexibility index (Phi) is 7.03. The van der Waals surface area contributed by atoms with Crippen molar-refractivity contribution in [1.82, 2.24) is 15.3 Å². The average molecular weight is 420 g/mol. The number of halogens is 2. The van der Waals surface area contributed by atoms with Gasteiger partial charge >= 0.3 is 0 Å². The first-order valence-electron chi connectivity index (χ1n) is 9.29. The summed E-state index contributed by atoms with van der Waals surface area (Å²) in [7, 11) is 1.74. The van der Waals surface area contributed by atoms with E-state index in [1.165, 1.54) is 18.2 Å². The zero-order valence-corrected chi connectivity index (χ0v) is 16.8. The SMILES string of the molecule is CN/C=C(\C=N)SNc1nc(Oc2ccccc2)cc(C2CCC(F)(F)CC2)n1. The van der Waals surface area contributed by atoms with Crippen molar-refractivity contribution in [1.29, 1.82) is 5.41 Å². The third kappa shape index (κ3) is 6.15. The molecule has 2 aromatic rings. The number of benzene rings is 1. The fraction of sp³-hybridized carbons (Fsp3) is 0.350. The van der Waals surface area contributed by atoms with Crippen LogP contribution in [0.2, 0.25) is 0 Å². The molecule has 0 aliphatic heterocycles. The molecule has 1 aromatic heterocycles. The molecule has 1 aromatic carbocycles. The first kappa shape index (κ1) is 21.0. The summed E-state index contributed by atoms with van der Waals surface area (Å²) in [6.45, 7) is 0. The summed E-state index contributed by atoms with van der Waals surface area (Å²) in [5.41, 5.74) is 0.679. The molecule has 0 bridgehead atoms. The van der Waals surface area contributed by atoms with Gasteiger partial charge in [0, 0.05) is 44.3 Å². The van der Waals surface area contributed by atoms with Crippen molar-refractivity contribution in [2.75, 3.05) is 11.8 Å². The van der Waals surface area contributed by atoms with Gasteiger partial charge in [0.1, 0.15) is 5.75 Å². The average Bonchev–Trinajstić information content (AvgIpc) is 2.71. The molecule has 1 heterocycles. The zero-order valence-electron chi connectivity index (χ0n) is 16.0. The molecule has 1 aliphatic carbocycles.